The number of nitrogens with zero attached hydrogens (tertiary/aromatic N) is 8. The van der Waals surface area contributed by atoms with Crippen molar-refractivity contribution in [1.29, 1.82) is 0 Å². The van der Waals surface area contributed by atoms with Crippen LogP contribution in [0.2, 0.25) is 0 Å². The van der Waals surface area contributed by atoms with Crippen LogP contribution in [-0.2, 0) is 0 Å². The number of anilines is 3. The molecule has 2 fully saturated rings. The summed E-state index contributed by atoms with van der Waals surface area (Å²) < 4.78 is 14.8. The number of aromatic amines is 1. The molecule has 4 aromatic rings. The summed E-state index contributed by atoms with van der Waals surface area (Å²) in [5, 5.41) is 14.5. The van der Waals surface area contributed by atoms with Gasteiger partial charge in [-0.1, -0.05) is 6.07 Å². The minimum atomic E-state index is -0.367. The Morgan fingerprint density at radius 1 is 1.03 bits per heavy atom. The molecule has 0 radical (unpaired) electrons. The van der Waals surface area contributed by atoms with Gasteiger partial charge in [0.15, 0.2) is 17.5 Å². The van der Waals surface area contributed by atoms with Crippen LogP contribution in [0.15, 0.2) is 42.9 Å². The Morgan fingerprint density at radius 3 is 2.56 bits per heavy atom. The lowest BCUT2D eigenvalue weighted by atomic mass is 9.72. The van der Waals surface area contributed by atoms with Gasteiger partial charge in [-0.2, -0.15) is 15.2 Å². The summed E-state index contributed by atoms with van der Waals surface area (Å²) in [6.45, 7) is 10.3. The molecule has 39 heavy (non-hydrogen) atoms. The van der Waals surface area contributed by atoms with Crippen molar-refractivity contribution in [2.45, 2.75) is 52.5 Å². The molecule has 1 spiro atoms. The van der Waals surface area contributed by atoms with E-state index in [0.29, 0.717) is 11.2 Å². The third-order valence-electron chi connectivity index (χ3n) is 8.19. The molecular weight excluding hydrogens is 495 g/mol. The fraction of sp³-hybridized carbons (Fsp3) is 0.464. The zero-order valence-corrected chi connectivity index (χ0v) is 22.7. The molecule has 0 amide bonds. The predicted octanol–water partition coefficient (Wildman–Crippen LogP) is 4.72. The van der Waals surface area contributed by atoms with Gasteiger partial charge in [-0.15, -0.1) is 0 Å². The van der Waals surface area contributed by atoms with Crippen molar-refractivity contribution in [3.8, 4) is 5.82 Å². The van der Waals surface area contributed by atoms with Gasteiger partial charge in [0.25, 0.3) is 0 Å². The van der Waals surface area contributed by atoms with Gasteiger partial charge in [-0.3, -0.25) is 10.00 Å². The van der Waals surface area contributed by atoms with Crippen LogP contribution in [0.1, 0.15) is 55.6 Å². The van der Waals surface area contributed by atoms with E-state index in [2.05, 4.69) is 48.4 Å². The second kappa shape index (κ2) is 10.4. The van der Waals surface area contributed by atoms with Crippen LogP contribution >= 0.6 is 0 Å². The normalized spacial score (nSPS) is 18.4. The number of piperidine rings is 2. The van der Waals surface area contributed by atoms with E-state index in [9.17, 15) is 4.39 Å². The topological polar surface area (TPSA) is 104 Å². The molecule has 0 aliphatic carbocycles. The highest BCUT2D eigenvalue weighted by Gasteiger charge is 2.40. The van der Waals surface area contributed by atoms with E-state index in [-0.39, 0.29) is 11.9 Å². The first-order valence-corrected chi connectivity index (χ1v) is 13.7. The molecule has 0 saturated carbocycles. The molecule has 11 heteroatoms. The molecule has 204 valence electrons. The highest BCUT2D eigenvalue weighted by molar-refractivity contribution is 5.54. The third-order valence-corrected chi connectivity index (χ3v) is 8.19. The first-order valence-electron chi connectivity index (χ1n) is 13.7. The molecular formula is C28H35FN10. The van der Waals surface area contributed by atoms with Gasteiger partial charge < -0.3 is 10.2 Å². The maximum absolute atomic E-state index is 13.3. The molecule has 0 aromatic carbocycles. The van der Waals surface area contributed by atoms with Gasteiger partial charge in [0.05, 0.1) is 12.4 Å². The molecule has 2 aliphatic rings. The molecule has 0 unspecified atom stereocenters. The predicted molar refractivity (Wildman–Crippen MR) is 148 cm³/mol. The molecule has 10 nitrogen and oxygen atoms in total. The number of aromatic nitrogens is 7. The van der Waals surface area contributed by atoms with E-state index in [1.165, 1.54) is 35.5 Å². The van der Waals surface area contributed by atoms with E-state index in [1.807, 2.05) is 38.2 Å². The van der Waals surface area contributed by atoms with Gasteiger partial charge in [0.1, 0.15) is 5.82 Å². The largest absolute Gasteiger partial charge is 0.341 e. The van der Waals surface area contributed by atoms with E-state index in [0.717, 1.165) is 68.0 Å². The van der Waals surface area contributed by atoms with E-state index < -0.39 is 0 Å². The average molecular weight is 531 g/mol. The summed E-state index contributed by atoms with van der Waals surface area (Å²) >= 11 is 0. The van der Waals surface area contributed by atoms with Crippen LogP contribution in [-0.4, -0.2) is 66.0 Å². The fourth-order valence-electron chi connectivity index (χ4n) is 5.95. The second-order valence-corrected chi connectivity index (χ2v) is 11.0. The Morgan fingerprint density at radius 2 is 1.87 bits per heavy atom. The van der Waals surface area contributed by atoms with Gasteiger partial charge in [-0.25, -0.2) is 19.0 Å². The van der Waals surface area contributed by atoms with E-state index >= 15 is 0 Å². The molecule has 2 aliphatic heterocycles. The standard InChI is InChI=1S/C28H35FN10/c1-19-13-24(33-25-14-20(2)35-36-25)34-27(32-19)37-11-8-28(9-12-37)7-4-10-38(18-28)21(3)22-5-6-26(30-15-22)39-17-23(29)16-31-39/h5-6,13-17,21H,4,7-12,18H2,1-3H3,(H2,32,33,34,35,36)/t21-/m1/s1. The minimum absolute atomic E-state index is 0.260. The molecule has 0 bridgehead atoms. The van der Waals surface area contributed by atoms with Gasteiger partial charge >= 0.3 is 0 Å². The first kappa shape index (κ1) is 25.4. The molecule has 2 N–H and O–H groups in total. The molecule has 2 saturated heterocycles. The van der Waals surface area contributed by atoms with Crippen LogP contribution in [0.5, 0.6) is 0 Å². The number of halogens is 1. The number of pyridine rings is 1. The van der Waals surface area contributed by atoms with Crippen molar-refractivity contribution >= 4 is 17.6 Å². The summed E-state index contributed by atoms with van der Waals surface area (Å²) in [4.78, 5) is 19.0. The lowest BCUT2D eigenvalue weighted by Gasteiger charge is -2.49. The Hall–Kier alpha value is -3.86. The highest BCUT2D eigenvalue weighted by atomic mass is 19.1. The van der Waals surface area contributed by atoms with Crippen LogP contribution in [0, 0.1) is 25.1 Å². The van der Waals surface area contributed by atoms with Crippen LogP contribution in [0.4, 0.5) is 22.0 Å². The Kier molecular flexibility index (Phi) is 6.76. The van der Waals surface area contributed by atoms with Crippen molar-refractivity contribution < 1.29 is 4.39 Å². The SMILES string of the molecule is Cc1cc(Nc2cc(C)[nH]n2)nc(N2CCC3(CCCN([C@H](C)c4ccc(-n5cc(F)cn5)nc4)C3)CC2)n1. The third kappa shape index (κ3) is 5.49. The van der Waals surface area contributed by atoms with Gasteiger partial charge in [-0.05, 0) is 70.0 Å². The van der Waals surface area contributed by atoms with Crippen molar-refractivity contribution in [2.24, 2.45) is 5.41 Å². The van der Waals surface area contributed by atoms with Crippen LogP contribution in [0.25, 0.3) is 5.82 Å². The monoisotopic (exact) mass is 530 g/mol. The van der Waals surface area contributed by atoms with E-state index in [1.54, 1.807) is 0 Å². The number of rotatable bonds is 6. The van der Waals surface area contributed by atoms with Crippen LogP contribution < -0.4 is 10.2 Å². The van der Waals surface area contributed by atoms with Crippen LogP contribution in [0.3, 0.4) is 0 Å². The summed E-state index contributed by atoms with van der Waals surface area (Å²) in [5.74, 6) is 2.55. The smallest absolute Gasteiger partial charge is 0.227 e. The zero-order valence-electron chi connectivity index (χ0n) is 22.7. The van der Waals surface area contributed by atoms with Crippen molar-refractivity contribution in [1.82, 2.24) is 39.8 Å². The highest BCUT2D eigenvalue weighted by Crippen LogP contribution is 2.42. The number of H-pyrrole nitrogens is 1. The number of likely N-dealkylation sites (tertiary alicyclic amines) is 1. The number of hydrogen-bond acceptors (Lipinski definition) is 8. The maximum Gasteiger partial charge on any atom is 0.227 e. The van der Waals surface area contributed by atoms with Gasteiger partial charge in [0, 0.05) is 55.4 Å². The minimum Gasteiger partial charge on any atom is -0.341 e. The van der Waals surface area contributed by atoms with Crippen molar-refractivity contribution in [3.05, 3.63) is 65.6 Å². The lowest BCUT2D eigenvalue weighted by molar-refractivity contribution is 0.0414. The van der Waals surface area contributed by atoms with Crippen molar-refractivity contribution in [2.75, 3.05) is 36.4 Å². The zero-order chi connectivity index (χ0) is 27.0. The summed E-state index contributed by atoms with van der Waals surface area (Å²) in [6.07, 6.45) is 9.12. The molecule has 4 aromatic heterocycles. The molecule has 6 heterocycles. The van der Waals surface area contributed by atoms with Gasteiger partial charge in [0.2, 0.25) is 5.95 Å². The molecule has 6 rings (SSSR count). The Bertz CT molecular complexity index is 1420. The molecule has 1 atom stereocenters. The number of nitrogens with one attached hydrogen (secondary N) is 2. The first-order chi connectivity index (χ1) is 18.9. The second-order valence-electron chi connectivity index (χ2n) is 11.0. The fourth-order valence-corrected chi connectivity index (χ4v) is 5.95. The summed E-state index contributed by atoms with van der Waals surface area (Å²) in [5.41, 5.74) is 3.41. The quantitative estimate of drug-likeness (QED) is 0.369. The number of aryl methyl sites for hydroxylation is 2. The number of hydrogen-bond donors (Lipinski definition) is 2. The summed E-state index contributed by atoms with van der Waals surface area (Å²) in [7, 11) is 0. The Labute approximate surface area is 227 Å². The Balaban J connectivity index is 1.10. The summed E-state index contributed by atoms with van der Waals surface area (Å²) in [6, 6.07) is 8.17. The lowest BCUT2D eigenvalue weighted by Crippen LogP contribution is -2.50. The van der Waals surface area contributed by atoms with E-state index in [4.69, 9.17) is 9.97 Å². The average Bonchev–Trinajstić information content (AvgIpc) is 3.56. The van der Waals surface area contributed by atoms with Crippen molar-refractivity contribution in [3.63, 3.8) is 0 Å². The maximum atomic E-state index is 13.3.